The van der Waals surface area contributed by atoms with Gasteiger partial charge >= 0.3 is 0 Å². The Morgan fingerprint density at radius 3 is 2.45 bits per heavy atom. The predicted octanol–water partition coefficient (Wildman–Crippen LogP) is 4.53. The minimum absolute atomic E-state index is 0.0168. The zero-order valence-corrected chi connectivity index (χ0v) is 18.4. The molecule has 0 bridgehead atoms. The van der Waals surface area contributed by atoms with E-state index in [2.05, 4.69) is 4.90 Å². The Morgan fingerprint density at radius 1 is 1.07 bits per heavy atom. The average Bonchev–Trinajstić information content (AvgIpc) is 2.78. The first-order chi connectivity index (χ1) is 14.1. The highest BCUT2D eigenvalue weighted by Gasteiger charge is 2.28. The minimum Gasteiger partial charge on any atom is -0.496 e. The van der Waals surface area contributed by atoms with Crippen molar-refractivity contribution in [1.82, 2.24) is 4.90 Å². The standard InChI is InChI=1S/C23H29NO4S/c1-26-19-13-21(28-3)20(27-2)12-17(19)15-24-11-7-8-16(14-24)23(25)18-9-5-6-10-22(18)29-4/h5-6,9-10,12-13,16H,7-8,11,14-15H2,1-4H3/t16-/m1/s1. The molecule has 1 heterocycles. The molecule has 1 aliphatic rings. The molecule has 0 N–H and O–H groups in total. The number of carbonyl (C=O) groups excluding carboxylic acids is 1. The van der Waals surface area contributed by atoms with E-state index in [1.807, 2.05) is 42.7 Å². The summed E-state index contributed by atoms with van der Waals surface area (Å²) >= 11 is 1.63. The summed E-state index contributed by atoms with van der Waals surface area (Å²) in [5.74, 6) is 2.36. The summed E-state index contributed by atoms with van der Waals surface area (Å²) < 4.78 is 16.4. The van der Waals surface area contributed by atoms with Crippen LogP contribution in [0.1, 0.15) is 28.8 Å². The third-order valence-corrected chi connectivity index (χ3v) is 6.23. The van der Waals surface area contributed by atoms with Gasteiger partial charge < -0.3 is 14.2 Å². The molecule has 156 valence electrons. The number of carbonyl (C=O) groups is 1. The number of benzene rings is 2. The molecule has 0 aliphatic carbocycles. The summed E-state index contributed by atoms with van der Waals surface area (Å²) in [6, 6.07) is 11.7. The summed E-state index contributed by atoms with van der Waals surface area (Å²) in [7, 11) is 4.91. The summed E-state index contributed by atoms with van der Waals surface area (Å²) in [5.41, 5.74) is 1.87. The highest BCUT2D eigenvalue weighted by Crippen LogP contribution is 2.36. The fraction of sp³-hybridized carbons (Fsp3) is 0.435. The van der Waals surface area contributed by atoms with E-state index in [0.717, 1.165) is 47.7 Å². The van der Waals surface area contributed by atoms with Gasteiger partial charge in [-0.05, 0) is 37.8 Å². The fourth-order valence-corrected chi connectivity index (χ4v) is 4.54. The van der Waals surface area contributed by atoms with Gasteiger partial charge in [-0.3, -0.25) is 9.69 Å². The number of Topliss-reactive ketones (excluding diaryl/α,β-unsaturated/α-hetero) is 1. The molecule has 0 spiro atoms. The van der Waals surface area contributed by atoms with Crippen molar-refractivity contribution in [2.75, 3.05) is 40.7 Å². The lowest BCUT2D eigenvalue weighted by Crippen LogP contribution is -2.38. The first kappa shape index (κ1) is 21.5. The second kappa shape index (κ2) is 10.0. The molecule has 1 saturated heterocycles. The molecule has 1 aliphatic heterocycles. The van der Waals surface area contributed by atoms with E-state index in [-0.39, 0.29) is 11.7 Å². The zero-order chi connectivity index (χ0) is 20.8. The molecule has 1 atom stereocenters. The van der Waals surface area contributed by atoms with Gasteiger partial charge in [0.15, 0.2) is 17.3 Å². The molecule has 0 unspecified atom stereocenters. The van der Waals surface area contributed by atoms with Gasteiger partial charge in [0.25, 0.3) is 0 Å². The van der Waals surface area contributed by atoms with Crippen LogP contribution >= 0.6 is 11.8 Å². The van der Waals surface area contributed by atoms with Crippen molar-refractivity contribution in [2.45, 2.75) is 24.3 Å². The van der Waals surface area contributed by atoms with E-state index in [4.69, 9.17) is 14.2 Å². The van der Waals surface area contributed by atoms with Crippen LogP contribution in [0.4, 0.5) is 0 Å². The lowest BCUT2D eigenvalue weighted by Gasteiger charge is -2.32. The molecule has 0 radical (unpaired) electrons. The Balaban J connectivity index is 1.77. The molecular formula is C23H29NO4S. The number of nitrogens with zero attached hydrogens (tertiary/aromatic N) is 1. The number of hydrogen-bond acceptors (Lipinski definition) is 6. The van der Waals surface area contributed by atoms with E-state index in [0.29, 0.717) is 18.0 Å². The van der Waals surface area contributed by atoms with Gasteiger partial charge in [0, 0.05) is 41.1 Å². The number of methoxy groups -OCH3 is 3. The van der Waals surface area contributed by atoms with Crippen molar-refractivity contribution in [2.24, 2.45) is 5.92 Å². The third kappa shape index (κ3) is 4.87. The van der Waals surface area contributed by atoms with Gasteiger partial charge in [-0.2, -0.15) is 0 Å². The summed E-state index contributed by atoms with van der Waals surface area (Å²) in [6.07, 6.45) is 3.96. The SMILES string of the molecule is COc1cc(OC)c(OC)cc1CN1CCC[C@@H](C(=O)c2ccccc2SC)C1. The fourth-order valence-electron chi connectivity index (χ4n) is 3.94. The van der Waals surface area contributed by atoms with Crippen molar-refractivity contribution >= 4 is 17.5 Å². The van der Waals surface area contributed by atoms with Crippen LogP contribution in [0.25, 0.3) is 0 Å². The molecule has 3 rings (SSSR count). The Labute approximate surface area is 177 Å². The van der Waals surface area contributed by atoms with Crippen molar-refractivity contribution < 1.29 is 19.0 Å². The summed E-state index contributed by atoms with van der Waals surface area (Å²) in [4.78, 5) is 16.6. The Kier molecular flexibility index (Phi) is 7.45. The maximum absolute atomic E-state index is 13.2. The second-order valence-corrected chi connectivity index (χ2v) is 8.01. The van der Waals surface area contributed by atoms with Crippen molar-refractivity contribution in [3.05, 3.63) is 47.5 Å². The number of piperidine rings is 1. The molecular weight excluding hydrogens is 386 g/mol. The van der Waals surface area contributed by atoms with E-state index in [9.17, 15) is 4.79 Å². The van der Waals surface area contributed by atoms with Crippen molar-refractivity contribution in [3.8, 4) is 17.2 Å². The monoisotopic (exact) mass is 415 g/mol. The molecule has 6 heteroatoms. The maximum Gasteiger partial charge on any atom is 0.168 e. The number of ketones is 1. The average molecular weight is 416 g/mol. The number of likely N-dealkylation sites (tertiary alicyclic amines) is 1. The summed E-state index contributed by atoms with van der Waals surface area (Å²) in [5, 5.41) is 0. The largest absolute Gasteiger partial charge is 0.496 e. The van der Waals surface area contributed by atoms with Crippen LogP contribution in [0.2, 0.25) is 0 Å². The van der Waals surface area contributed by atoms with E-state index >= 15 is 0 Å². The molecule has 0 saturated carbocycles. The van der Waals surface area contributed by atoms with Gasteiger partial charge in [0.1, 0.15) is 5.75 Å². The Bertz CT molecular complexity index is 855. The first-order valence-electron chi connectivity index (χ1n) is 9.79. The number of thioether (sulfide) groups is 1. The second-order valence-electron chi connectivity index (χ2n) is 7.16. The van der Waals surface area contributed by atoms with E-state index < -0.39 is 0 Å². The summed E-state index contributed by atoms with van der Waals surface area (Å²) in [6.45, 7) is 2.42. The molecule has 2 aromatic rings. The number of ether oxygens (including phenoxy) is 3. The molecule has 2 aromatic carbocycles. The number of hydrogen-bond donors (Lipinski definition) is 0. The van der Waals surface area contributed by atoms with Gasteiger partial charge in [-0.25, -0.2) is 0 Å². The number of rotatable bonds is 8. The third-order valence-electron chi connectivity index (χ3n) is 5.43. The minimum atomic E-state index is 0.0168. The van der Waals surface area contributed by atoms with Gasteiger partial charge in [0.05, 0.1) is 21.3 Å². The highest BCUT2D eigenvalue weighted by atomic mass is 32.2. The molecule has 29 heavy (non-hydrogen) atoms. The van der Waals surface area contributed by atoms with Crippen LogP contribution < -0.4 is 14.2 Å². The predicted molar refractivity (Wildman–Crippen MR) is 117 cm³/mol. The van der Waals surface area contributed by atoms with Crippen LogP contribution in [0.15, 0.2) is 41.3 Å². The van der Waals surface area contributed by atoms with Crippen molar-refractivity contribution in [1.29, 1.82) is 0 Å². The van der Waals surface area contributed by atoms with Crippen molar-refractivity contribution in [3.63, 3.8) is 0 Å². The quantitative estimate of drug-likeness (QED) is 0.466. The van der Waals surface area contributed by atoms with Crippen LogP contribution in [0.5, 0.6) is 17.2 Å². The van der Waals surface area contributed by atoms with Gasteiger partial charge in [-0.1, -0.05) is 18.2 Å². The maximum atomic E-state index is 13.2. The molecule has 1 fully saturated rings. The smallest absolute Gasteiger partial charge is 0.168 e. The normalized spacial score (nSPS) is 17.0. The topological polar surface area (TPSA) is 48.0 Å². The lowest BCUT2D eigenvalue weighted by atomic mass is 9.89. The Morgan fingerprint density at radius 2 is 1.76 bits per heavy atom. The van der Waals surface area contributed by atoms with Crippen LogP contribution in [0.3, 0.4) is 0 Å². The van der Waals surface area contributed by atoms with Crippen LogP contribution in [-0.2, 0) is 6.54 Å². The molecule has 5 nitrogen and oxygen atoms in total. The lowest BCUT2D eigenvalue weighted by molar-refractivity contribution is 0.0807. The zero-order valence-electron chi connectivity index (χ0n) is 17.6. The van der Waals surface area contributed by atoms with E-state index in [1.165, 1.54) is 0 Å². The first-order valence-corrected chi connectivity index (χ1v) is 11.0. The molecule has 0 amide bonds. The molecule has 0 aromatic heterocycles. The van der Waals surface area contributed by atoms with Crippen LogP contribution in [-0.4, -0.2) is 51.4 Å². The Hall–Kier alpha value is -2.18. The van der Waals surface area contributed by atoms with Gasteiger partial charge in [0.2, 0.25) is 0 Å². The highest BCUT2D eigenvalue weighted by molar-refractivity contribution is 7.98. The van der Waals surface area contributed by atoms with Gasteiger partial charge in [-0.15, -0.1) is 11.8 Å². The van der Waals surface area contributed by atoms with E-state index in [1.54, 1.807) is 33.1 Å². The van der Waals surface area contributed by atoms with Crippen LogP contribution in [0, 0.1) is 5.92 Å².